The number of anilines is 1. The average molecular weight is 221 g/mol. The Labute approximate surface area is 92.5 Å². The number of hydrogen-bond acceptors (Lipinski definition) is 1. The van der Waals surface area contributed by atoms with Crippen LogP contribution < -0.4 is 5.32 Å². The molecule has 0 saturated heterocycles. The van der Waals surface area contributed by atoms with Crippen LogP contribution in [0.3, 0.4) is 0 Å². The first-order valence-electron chi connectivity index (χ1n) is 3.70. The van der Waals surface area contributed by atoms with Gasteiger partial charge in [0.05, 0.1) is 0 Å². The van der Waals surface area contributed by atoms with E-state index in [1.54, 1.807) is 0 Å². The summed E-state index contributed by atoms with van der Waals surface area (Å²) in [5.41, 5.74) is 2.71. The molecule has 2 rings (SSSR count). The number of fused-ring (bicyclic) bond motifs is 1. The third-order valence-corrected chi connectivity index (χ3v) is 1.89. The number of aryl methyl sites for hydroxylation is 1. The van der Waals surface area contributed by atoms with Gasteiger partial charge in [-0.05, 0) is 12.8 Å². The van der Waals surface area contributed by atoms with E-state index in [1.165, 1.54) is 24.1 Å². The zero-order valence-electron chi connectivity index (χ0n) is 6.43. The molecule has 2 heteroatoms. The molecule has 1 aliphatic rings. The summed E-state index contributed by atoms with van der Waals surface area (Å²) in [5.74, 6) is 0. The molecule has 1 radical (unpaired) electrons. The van der Waals surface area contributed by atoms with Crippen molar-refractivity contribution in [2.75, 3.05) is 11.9 Å². The summed E-state index contributed by atoms with van der Waals surface area (Å²) in [7, 11) is 0. The molecule has 0 atom stereocenters. The Bertz CT molecular complexity index is 210. The van der Waals surface area contributed by atoms with Crippen LogP contribution in [-0.4, -0.2) is 6.54 Å². The Morgan fingerprint density at radius 1 is 1.45 bits per heavy atom. The fraction of sp³-hybridized carbons (Fsp3) is 0.333. The minimum absolute atomic E-state index is 0. The molecule has 1 nitrogen and oxygen atoms in total. The van der Waals surface area contributed by atoms with Gasteiger partial charge in [0.2, 0.25) is 0 Å². The van der Waals surface area contributed by atoms with Crippen LogP contribution in [0.25, 0.3) is 0 Å². The minimum atomic E-state index is 0. The van der Waals surface area contributed by atoms with Crippen LogP contribution >= 0.6 is 0 Å². The van der Waals surface area contributed by atoms with E-state index in [2.05, 4.69) is 17.4 Å². The quantitative estimate of drug-likeness (QED) is 0.659. The van der Waals surface area contributed by atoms with Gasteiger partial charge >= 0.3 is 0 Å². The van der Waals surface area contributed by atoms with Crippen LogP contribution in [0.2, 0.25) is 0 Å². The third kappa shape index (κ3) is 2.03. The molecule has 11 heavy (non-hydrogen) atoms. The predicted octanol–water partition coefficient (Wildman–Crippen LogP) is 1.84. The van der Waals surface area contributed by atoms with Crippen LogP contribution in [-0.2, 0) is 39.1 Å². The van der Waals surface area contributed by atoms with E-state index in [0.717, 1.165) is 6.54 Å². The third-order valence-electron chi connectivity index (χ3n) is 1.89. The Kier molecular flexibility index (Phi) is 3.54. The molecule has 0 bridgehead atoms. The monoisotopic (exact) mass is 221 g/mol. The Hall–Kier alpha value is 0.124. The first-order chi connectivity index (χ1) is 4.97. The maximum Gasteiger partial charge on any atom is 0.00356 e. The van der Waals surface area contributed by atoms with Crippen molar-refractivity contribution in [3.8, 4) is 0 Å². The van der Waals surface area contributed by atoms with Crippen LogP contribution in [0.5, 0.6) is 0 Å². The molecule has 1 aliphatic heterocycles. The summed E-state index contributed by atoms with van der Waals surface area (Å²) in [4.78, 5) is 0. The van der Waals surface area contributed by atoms with E-state index in [9.17, 15) is 0 Å². The SMILES string of the molecule is [Y].[c-]1ccc2c(c1)NCCC2. The molecule has 0 unspecified atom stereocenters. The Balaban J connectivity index is 0.000000605. The molecule has 55 valence electrons. The van der Waals surface area contributed by atoms with Gasteiger partial charge in [-0.1, -0.05) is 5.69 Å². The Morgan fingerprint density at radius 3 is 3.18 bits per heavy atom. The smallest absolute Gasteiger partial charge is 0.00356 e. The molecular weight excluding hydrogens is 211 g/mol. The topological polar surface area (TPSA) is 12.0 Å². The minimum Gasteiger partial charge on any atom is -0.436 e. The molecule has 0 aromatic heterocycles. The molecule has 0 saturated carbocycles. The molecule has 0 spiro atoms. The summed E-state index contributed by atoms with van der Waals surface area (Å²) in [6.07, 6.45) is 2.48. The van der Waals surface area contributed by atoms with Crippen LogP contribution in [0.15, 0.2) is 18.2 Å². The van der Waals surface area contributed by atoms with E-state index < -0.39 is 0 Å². The molecule has 1 heterocycles. The fourth-order valence-corrected chi connectivity index (χ4v) is 1.35. The first-order valence-corrected chi connectivity index (χ1v) is 3.70. The van der Waals surface area contributed by atoms with Gasteiger partial charge in [0.1, 0.15) is 0 Å². The zero-order valence-corrected chi connectivity index (χ0v) is 9.27. The van der Waals surface area contributed by atoms with Crippen molar-refractivity contribution in [2.24, 2.45) is 0 Å². The van der Waals surface area contributed by atoms with E-state index in [0.29, 0.717) is 0 Å². The summed E-state index contributed by atoms with van der Waals surface area (Å²) in [6, 6.07) is 9.20. The second-order valence-corrected chi connectivity index (χ2v) is 2.61. The second-order valence-electron chi connectivity index (χ2n) is 2.61. The molecule has 1 aromatic rings. The summed E-state index contributed by atoms with van der Waals surface area (Å²) >= 11 is 0. The number of hydrogen-bond donors (Lipinski definition) is 1. The Morgan fingerprint density at radius 2 is 2.36 bits per heavy atom. The van der Waals surface area contributed by atoms with Crippen LogP contribution in [0, 0.1) is 6.07 Å². The number of nitrogens with one attached hydrogen (secondary N) is 1. The van der Waals surface area contributed by atoms with Gasteiger partial charge < -0.3 is 5.32 Å². The number of benzene rings is 1. The standard InChI is InChI=1S/C9H10N.Y/c1-2-6-9-8(4-1)5-3-7-10-9;/h1,4,6,10H,3,5,7H2;/q-1;. The average Bonchev–Trinajstić information content (AvgIpc) is 2.05. The van der Waals surface area contributed by atoms with Crippen LogP contribution in [0.1, 0.15) is 12.0 Å². The fourth-order valence-electron chi connectivity index (χ4n) is 1.35. The molecule has 1 N–H and O–H groups in total. The van der Waals surface area contributed by atoms with Gasteiger partial charge in [0.25, 0.3) is 0 Å². The molecular formula is C9H10NY-. The largest absolute Gasteiger partial charge is 0.436 e. The van der Waals surface area contributed by atoms with Gasteiger partial charge in [-0.2, -0.15) is 24.3 Å². The van der Waals surface area contributed by atoms with E-state index in [-0.39, 0.29) is 32.7 Å². The van der Waals surface area contributed by atoms with Gasteiger partial charge in [-0.3, -0.25) is 0 Å². The van der Waals surface area contributed by atoms with Crippen molar-refractivity contribution in [3.63, 3.8) is 0 Å². The summed E-state index contributed by atoms with van der Waals surface area (Å²) in [5, 5.41) is 3.33. The number of rotatable bonds is 0. The van der Waals surface area contributed by atoms with Gasteiger partial charge in [-0.15, -0.1) is 5.56 Å². The molecule has 0 amide bonds. The van der Waals surface area contributed by atoms with Gasteiger partial charge in [0, 0.05) is 39.3 Å². The van der Waals surface area contributed by atoms with Crippen molar-refractivity contribution < 1.29 is 32.7 Å². The zero-order chi connectivity index (χ0) is 6.81. The maximum atomic E-state index is 3.33. The van der Waals surface area contributed by atoms with Crippen molar-refractivity contribution >= 4 is 5.69 Å². The maximum absolute atomic E-state index is 3.33. The summed E-state index contributed by atoms with van der Waals surface area (Å²) in [6.45, 7) is 1.12. The molecule has 1 aromatic carbocycles. The van der Waals surface area contributed by atoms with Gasteiger partial charge in [-0.25, -0.2) is 0 Å². The van der Waals surface area contributed by atoms with Crippen LogP contribution in [0.4, 0.5) is 5.69 Å². The summed E-state index contributed by atoms with van der Waals surface area (Å²) < 4.78 is 0. The van der Waals surface area contributed by atoms with Crippen molar-refractivity contribution in [2.45, 2.75) is 12.8 Å². The van der Waals surface area contributed by atoms with Gasteiger partial charge in [0.15, 0.2) is 0 Å². The molecule has 0 aliphatic carbocycles. The van der Waals surface area contributed by atoms with Crippen molar-refractivity contribution in [3.05, 3.63) is 29.8 Å². The van der Waals surface area contributed by atoms with E-state index in [4.69, 9.17) is 0 Å². The van der Waals surface area contributed by atoms with Crippen molar-refractivity contribution in [1.29, 1.82) is 0 Å². The second kappa shape index (κ2) is 4.22. The normalized spacial score (nSPS) is 14.2. The van der Waals surface area contributed by atoms with E-state index >= 15 is 0 Å². The molecule has 0 fully saturated rings. The predicted molar refractivity (Wildman–Crippen MR) is 42.1 cm³/mol. The van der Waals surface area contributed by atoms with Crippen molar-refractivity contribution in [1.82, 2.24) is 0 Å². The van der Waals surface area contributed by atoms with E-state index in [1.807, 2.05) is 12.1 Å². The first kappa shape index (κ1) is 9.21.